The molecule has 0 aliphatic carbocycles. The SMILES string of the molecule is CCCCCCCC(CCC)=[SiH]C. The molecule has 0 aromatic carbocycles. The Bertz CT molecular complexity index is 127. The Hall–Kier alpha value is 0.0869. The van der Waals surface area contributed by atoms with Crippen molar-refractivity contribution < 1.29 is 0 Å². The van der Waals surface area contributed by atoms with Crippen molar-refractivity contribution in [2.75, 3.05) is 0 Å². The molecule has 0 rings (SSSR count). The van der Waals surface area contributed by atoms with Crippen LogP contribution in [0.3, 0.4) is 0 Å². The maximum atomic E-state index is 2.39. The lowest BCUT2D eigenvalue weighted by molar-refractivity contribution is 0.642. The van der Waals surface area contributed by atoms with Crippen molar-refractivity contribution >= 4 is 14.3 Å². The van der Waals surface area contributed by atoms with Gasteiger partial charge in [-0.3, -0.25) is 0 Å². The fourth-order valence-corrected chi connectivity index (χ4v) is 2.76. The third-order valence-electron chi connectivity index (χ3n) is 2.58. The Morgan fingerprint density at radius 1 is 0.846 bits per heavy atom. The summed E-state index contributed by atoms with van der Waals surface area (Å²) >= 11 is 0. The molecular weight excluding hydrogens is 172 g/mol. The van der Waals surface area contributed by atoms with Gasteiger partial charge in [0.25, 0.3) is 0 Å². The van der Waals surface area contributed by atoms with E-state index in [1.54, 1.807) is 0 Å². The van der Waals surface area contributed by atoms with E-state index in [-0.39, 0.29) is 0 Å². The lowest BCUT2D eigenvalue weighted by atomic mass is 10.1. The van der Waals surface area contributed by atoms with Crippen LogP contribution >= 0.6 is 0 Å². The lowest BCUT2D eigenvalue weighted by Gasteiger charge is -2.04. The van der Waals surface area contributed by atoms with Crippen molar-refractivity contribution in [2.45, 2.75) is 71.8 Å². The third kappa shape index (κ3) is 8.42. The van der Waals surface area contributed by atoms with E-state index in [0.29, 0.717) is 9.13 Å². The van der Waals surface area contributed by atoms with E-state index in [4.69, 9.17) is 0 Å². The number of unbranched alkanes of at least 4 members (excludes halogenated alkanes) is 4. The zero-order chi connectivity index (χ0) is 9.94. The summed E-state index contributed by atoms with van der Waals surface area (Å²) in [6.45, 7) is 6.97. The summed E-state index contributed by atoms with van der Waals surface area (Å²) in [5.41, 5.74) is 0. The monoisotopic (exact) mass is 198 g/mol. The standard InChI is InChI=1S/C12H26Si/c1-4-6-7-8-9-11-12(13-3)10-5-2/h13H,4-11H2,1-3H3. The largest absolute Gasteiger partial charge is 0.0928 e. The van der Waals surface area contributed by atoms with E-state index >= 15 is 0 Å². The molecule has 0 saturated carbocycles. The summed E-state index contributed by atoms with van der Waals surface area (Å²) in [4.78, 5) is 0. The summed E-state index contributed by atoms with van der Waals surface area (Å²) in [6.07, 6.45) is 11.4. The highest BCUT2D eigenvalue weighted by molar-refractivity contribution is 6.52. The van der Waals surface area contributed by atoms with Crippen molar-refractivity contribution in [3.8, 4) is 0 Å². The predicted molar refractivity (Wildman–Crippen MR) is 66.3 cm³/mol. The van der Waals surface area contributed by atoms with E-state index in [2.05, 4.69) is 20.4 Å². The molecule has 13 heavy (non-hydrogen) atoms. The molecule has 0 aliphatic heterocycles. The lowest BCUT2D eigenvalue weighted by Crippen LogP contribution is -2.01. The van der Waals surface area contributed by atoms with Crippen molar-refractivity contribution in [1.29, 1.82) is 0 Å². The predicted octanol–water partition coefficient (Wildman–Crippen LogP) is 3.80. The molecule has 0 heterocycles. The zero-order valence-corrected chi connectivity index (χ0v) is 10.9. The van der Waals surface area contributed by atoms with Crippen LogP contribution in [-0.2, 0) is 0 Å². The van der Waals surface area contributed by atoms with E-state index in [9.17, 15) is 0 Å². The van der Waals surface area contributed by atoms with Gasteiger partial charge in [-0.05, 0) is 28.4 Å². The zero-order valence-electron chi connectivity index (χ0n) is 9.73. The molecule has 0 atom stereocenters. The summed E-state index contributed by atoms with van der Waals surface area (Å²) in [7, 11) is 0.639. The first kappa shape index (κ1) is 13.1. The summed E-state index contributed by atoms with van der Waals surface area (Å²) in [5, 5.41) is 1.87. The van der Waals surface area contributed by atoms with Crippen LogP contribution in [0.25, 0.3) is 0 Å². The van der Waals surface area contributed by atoms with Crippen LogP contribution in [0.5, 0.6) is 0 Å². The fourth-order valence-electron chi connectivity index (χ4n) is 1.69. The molecule has 0 bridgehead atoms. The average Bonchev–Trinajstić information content (AvgIpc) is 2.16. The average molecular weight is 198 g/mol. The number of rotatable bonds is 8. The normalized spacial score (nSPS) is 12.1. The van der Waals surface area contributed by atoms with E-state index in [1.165, 1.54) is 51.4 Å². The highest BCUT2D eigenvalue weighted by atomic mass is 28.2. The second-order valence-electron chi connectivity index (χ2n) is 3.86. The molecule has 78 valence electrons. The Kier molecular flexibility index (Phi) is 10.2. The maximum absolute atomic E-state index is 2.39. The fraction of sp³-hybridized carbons (Fsp3) is 0.917. The van der Waals surface area contributed by atoms with Gasteiger partial charge in [-0.1, -0.05) is 57.7 Å². The Morgan fingerprint density at radius 3 is 2.08 bits per heavy atom. The van der Waals surface area contributed by atoms with Gasteiger partial charge in [-0.15, -0.1) is 0 Å². The molecule has 0 aromatic rings. The van der Waals surface area contributed by atoms with E-state index in [1.807, 2.05) is 5.17 Å². The topological polar surface area (TPSA) is 0 Å². The minimum Gasteiger partial charge on any atom is -0.0928 e. The molecule has 0 fully saturated rings. The van der Waals surface area contributed by atoms with Gasteiger partial charge in [0.2, 0.25) is 0 Å². The van der Waals surface area contributed by atoms with Gasteiger partial charge in [0.05, 0.1) is 0 Å². The van der Waals surface area contributed by atoms with Crippen LogP contribution in [0.15, 0.2) is 0 Å². The third-order valence-corrected chi connectivity index (χ3v) is 3.97. The van der Waals surface area contributed by atoms with Crippen molar-refractivity contribution in [1.82, 2.24) is 0 Å². The Morgan fingerprint density at radius 2 is 1.54 bits per heavy atom. The molecule has 0 aliphatic rings. The van der Waals surface area contributed by atoms with Crippen molar-refractivity contribution in [3.63, 3.8) is 0 Å². The van der Waals surface area contributed by atoms with Gasteiger partial charge in [0.1, 0.15) is 0 Å². The maximum Gasteiger partial charge on any atom is -0.0111 e. The molecule has 0 aromatic heterocycles. The summed E-state index contributed by atoms with van der Waals surface area (Å²) < 4.78 is 0. The first-order valence-electron chi connectivity index (χ1n) is 5.99. The van der Waals surface area contributed by atoms with Crippen LogP contribution in [0.1, 0.15) is 65.2 Å². The van der Waals surface area contributed by atoms with Crippen LogP contribution in [0, 0.1) is 0 Å². The molecule has 1 heteroatoms. The van der Waals surface area contributed by atoms with Crippen LogP contribution in [-0.4, -0.2) is 14.3 Å². The minimum absolute atomic E-state index is 0.639. The smallest absolute Gasteiger partial charge is 0.0111 e. The molecular formula is C12H26Si. The van der Waals surface area contributed by atoms with Gasteiger partial charge in [0.15, 0.2) is 0 Å². The van der Waals surface area contributed by atoms with Crippen molar-refractivity contribution in [2.24, 2.45) is 0 Å². The molecule has 0 nitrogen and oxygen atoms in total. The summed E-state index contributed by atoms with van der Waals surface area (Å²) in [6, 6.07) is 0. The highest BCUT2D eigenvalue weighted by Gasteiger charge is 1.94. The second kappa shape index (κ2) is 10.2. The minimum atomic E-state index is 0.639. The number of hydrogen-bond acceptors (Lipinski definition) is 0. The van der Waals surface area contributed by atoms with E-state index < -0.39 is 0 Å². The Labute approximate surface area is 86.6 Å². The van der Waals surface area contributed by atoms with Crippen LogP contribution in [0.4, 0.5) is 0 Å². The molecule has 0 unspecified atom stereocenters. The Balaban J connectivity index is 3.29. The van der Waals surface area contributed by atoms with Crippen molar-refractivity contribution in [3.05, 3.63) is 0 Å². The summed E-state index contributed by atoms with van der Waals surface area (Å²) in [5.74, 6) is 0. The molecule has 0 N–H and O–H groups in total. The van der Waals surface area contributed by atoms with Gasteiger partial charge in [-0.25, -0.2) is 0 Å². The van der Waals surface area contributed by atoms with Gasteiger partial charge < -0.3 is 0 Å². The quantitative estimate of drug-likeness (QED) is 0.411. The first-order chi connectivity index (χ1) is 6.35. The van der Waals surface area contributed by atoms with Gasteiger partial charge in [-0.2, -0.15) is 0 Å². The molecule has 0 amide bonds. The first-order valence-corrected chi connectivity index (χ1v) is 7.72. The highest BCUT2D eigenvalue weighted by Crippen LogP contribution is 2.07. The van der Waals surface area contributed by atoms with Gasteiger partial charge in [0, 0.05) is 0 Å². The van der Waals surface area contributed by atoms with Crippen LogP contribution < -0.4 is 0 Å². The molecule has 0 spiro atoms. The van der Waals surface area contributed by atoms with E-state index in [0.717, 1.165) is 0 Å². The number of hydrogen-bond donors (Lipinski definition) is 0. The molecule has 0 saturated heterocycles. The van der Waals surface area contributed by atoms with Gasteiger partial charge >= 0.3 is 0 Å². The van der Waals surface area contributed by atoms with Crippen LogP contribution in [0.2, 0.25) is 6.55 Å². The molecule has 0 radical (unpaired) electrons. The second-order valence-corrected chi connectivity index (χ2v) is 5.25.